The summed E-state index contributed by atoms with van der Waals surface area (Å²) in [5.41, 5.74) is 0. The average molecular weight is 344 g/mol. The van der Waals surface area contributed by atoms with E-state index in [0.29, 0.717) is 0 Å². The fraction of sp³-hybridized carbons (Fsp3) is 1.00. The molecule has 30 valence electrons. The van der Waals surface area contributed by atoms with E-state index in [1.54, 1.807) is 0 Å². The number of hydrogen-bond donors (Lipinski definition) is 0. The van der Waals surface area contributed by atoms with Gasteiger partial charge in [0.2, 0.25) is 0 Å². The Balaban J connectivity index is 0. The molecule has 0 aliphatic heterocycles. The molecule has 0 unspecified atom stereocenters. The van der Waals surface area contributed by atoms with Gasteiger partial charge in [-0.15, -0.1) is 0 Å². The molecule has 0 radical (unpaired) electrons. The largest absolute Gasteiger partial charge is 0.124 e. The summed E-state index contributed by atoms with van der Waals surface area (Å²) in [6.07, 6.45) is 0. The fourth-order valence-electron chi connectivity index (χ4n) is 0. The summed E-state index contributed by atoms with van der Waals surface area (Å²) < 4.78 is 0.271. The van der Waals surface area contributed by atoms with E-state index in [0.717, 1.165) is 0 Å². The summed E-state index contributed by atoms with van der Waals surface area (Å²) in [6, 6.07) is 0. The molecule has 0 amide bonds. The molecule has 0 saturated heterocycles. The van der Waals surface area contributed by atoms with Gasteiger partial charge in [0, 0.05) is 26.2 Å². The molecule has 4 heteroatoms. The Bertz CT molecular complexity index is 11.6. The van der Waals surface area contributed by atoms with Crippen LogP contribution in [0.4, 0.5) is 0 Å². The zero-order chi connectivity index (χ0) is 3.58. The Morgan fingerprint density at radius 1 is 1.00 bits per heavy atom. The van der Waals surface area contributed by atoms with E-state index in [4.69, 9.17) is 0 Å². The van der Waals surface area contributed by atoms with Crippen molar-refractivity contribution >= 4 is 47.8 Å². The van der Waals surface area contributed by atoms with E-state index >= 15 is 0 Å². The summed E-state index contributed by atoms with van der Waals surface area (Å²) >= 11 is 9.31. The summed E-state index contributed by atoms with van der Waals surface area (Å²) in [6.45, 7) is 0. The van der Waals surface area contributed by atoms with Crippen molar-refractivity contribution in [1.82, 2.24) is 0 Å². The first-order valence-electron chi connectivity index (χ1n) is 0.655. The van der Waals surface area contributed by atoms with Crippen molar-refractivity contribution in [2.45, 2.75) is 2.65 Å². The third-order valence-electron chi connectivity index (χ3n) is 0. The van der Waals surface area contributed by atoms with Crippen molar-refractivity contribution in [3.63, 3.8) is 0 Å². The molecule has 0 rings (SSSR count). The second-order valence-corrected chi connectivity index (χ2v) is 6.68. The van der Waals surface area contributed by atoms with Gasteiger partial charge in [-0.05, 0) is 0 Å². The zero-order valence-electron chi connectivity index (χ0n) is 2.21. The molecular weight excluding hydrogens is 343 g/mol. The van der Waals surface area contributed by atoms with E-state index in [2.05, 4.69) is 47.8 Å². The van der Waals surface area contributed by atoms with E-state index in [-0.39, 0.29) is 28.8 Å². The maximum absolute atomic E-state index is 3.10. The predicted octanol–water partition coefficient (Wildman–Crippen LogP) is 2.45. The van der Waals surface area contributed by atoms with E-state index in [1.165, 1.54) is 0 Å². The second kappa shape index (κ2) is 6.32. The minimum absolute atomic E-state index is 0. The first-order chi connectivity index (χ1) is 1.73. The van der Waals surface area contributed by atoms with Crippen LogP contribution in [0.5, 0.6) is 0 Å². The van der Waals surface area contributed by atoms with Crippen LogP contribution in [0.25, 0.3) is 0 Å². The molecule has 0 aromatic heterocycles. The van der Waals surface area contributed by atoms with Gasteiger partial charge in [0.15, 0.2) is 0 Å². The van der Waals surface area contributed by atoms with Crippen LogP contribution in [0.2, 0.25) is 0 Å². The molecule has 0 bridgehead atoms. The summed E-state index contributed by atoms with van der Waals surface area (Å²) in [5, 5.41) is 0. The molecule has 0 atom stereocenters. The van der Waals surface area contributed by atoms with Crippen molar-refractivity contribution < 1.29 is 26.2 Å². The minimum atomic E-state index is 0. The van der Waals surface area contributed by atoms with Gasteiger partial charge in [-0.3, -0.25) is 0 Å². The Morgan fingerprint density at radius 2 is 1.00 bits per heavy atom. The van der Waals surface area contributed by atoms with Gasteiger partial charge >= 0.3 is 0 Å². The molecule has 0 spiro atoms. The van der Waals surface area contributed by atoms with Gasteiger partial charge in [0.1, 0.15) is 2.65 Å². The molecule has 5 heavy (non-hydrogen) atoms. The quantitative estimate of drug-likeness (QED) is 0.593. The van der Waals surface area contributed by atoms with Crippen LogP contribution in [0, 0.1) is 0 Å². The average Bonchev–Trinajstić information content (AvgIpc) is 0.811. The number of halogens is 3. The molecule has 0 aromatic rings. The third-order valence-corrected chi connectivity index (χ3v) is 0. The summed E-state index contributed by atoms with van der Waals surface area (Å²) in [4.78, 5) is 0. The molecule has 0 aliphatic rings. The van der Waals surface area contributed by atoms with Gasteiger partial charge in [-0.25, -0.2) is 0 Å². The number of rotatable bonds is 0. The molecule has 0 nitrogen and oxygen atoms in total. The minimum Gasteiger partial charge on any atom is -0.0637 e. The molecule has 0 aromatic carbocycles. The van der Waals surface area contributed by atoms with Gasteiger partial charge in [-0.2, -0.15) is 0 Å². The van der Waals surface area contributed by atoms with Crippen molar-refractivity contribution in [3.05, 3.63) is 0 Å². The molecule has 0 fully saturated rings. The van der Waals surface area contributed by atoms with E-state index < -0.39 is 0 Å². The SMILES string of the molecule is BrC(Br)Br.[Zr]. The maximum Gasteiger partial charge on any atom is 0.124 e. The van der Waals surface area contributed by atoms with E-state index in [9.17, 15) is 0 Å². The maximum atomic E-state index is 3.10. The smallest absolute Gasteiger partial charge is 0.0637 e. The molecular formula is CHBr3Zr. The first kappa shape index (κ1) is 10.3. The monoisotopic (exact) mass is 340 g/mol. The van der Waals surface area contributed by atoms with Crippen molar-refractivity contribution in [3.8, 4) is 0 Å². The van der Waals surface area contributed by atoms with Gasteiger partial charge < -0.3 is 0 Å². The van der Waals surface area contributed by atoms with Gasteiger partial charge in [0.05, 0.1) is 0 Å². The van der Waals surface area contributed by atoms with Crippen molar-refractivity contribution in [2.75, 3.05) is 0 Å². The normalized spacial score (nSPS) is 7.20. The van der Waals surface area contributed by atoms with Crippen LogP contribution in [0.1, 0.15) is 0 Å². The van der Waals surface area contributed by atoms with Gasteiger partial charge in [0.25, 0.3) is 0 Å². The fourth-order valence-corrected chi connectivity index (χ4v) is 0. The molecule has 0 aliphatic carbocycles. The Hall–Kier alpha value is 2.32. The summed E-state index contributed by atoms with van der Waals surface area (Å²) in [7, 11) is 0. The Labute approximate surface area is 75.6 Å². The van der Waals surface area contributed by atoms with Crippen LogP contribution in [0.3, 0.4) is 0 Å². The van der Waals surface area contributed by atoms with Crippen LogP contribution in [0.15, 0.2) is 0 Å². The van der Waals surface area contributed by atoms with Crippen LogP contribution < -0.4 is 0 Å². The van der Waals surface area contributed by atoms with Crippen LogP contribution >= 0.6 is 47.8 Å². The standard InChI is InChI=1S/CHBr3.Zr/c2-1(3)4;/h1H;. The molecule has 0 saturated carbocycles. The first-order valence-corrected chi connectivity index (χ1v) is 3.40. The Kier molecular flexibility index (Phi) is 13.1. The third kappa shape index (κ3) is 21.9. The second-order valence-electron chi connectivity index (χ2n) is 0.247. The van der Waals surface area contributed by atoms with Crippen molar-refractivity contribution in [1.29, 1.82) is 0 Å². The zero-order valence-corrected chi connectivity index (χ0v) is 9.43. The predicted molar refractivity (Wildman–Crippen MR) is 30.6 cm³/mol. The molecule has 0 N–H and O–H groups in total. The Morgan fingerprint density at radius 3 is 1.00 bits per heavy atom. The topological polar surface area (TPSA) is 0 Å². The van der Waals surface area contributed by atoms with Crippen LogP contribution in [-0.2, 0) is 26.2 Å². The van der Waals surface area contributed by atoms with Crippen LogP contribution in [-0.4, -0.2) is 2.65 Å². The van der Waals surface area contributed by atoms with Gasteiger partial charge in [-0.1, -0.05) is 47.8 Å². The summed E-state index contributed by atoms with van der Waals surface area (Å²) in [5.74, 6) is 0. The van der Waals surface area contributed by atoms with E-state index in [1.807, 2.05) is 0 Å². The molecule has 0 heterocycles. The number of alkyl halides is 3. The van der Waals surface area contributed by atoms with Crippen molar-refractivity contribution in [2.24, 2.45) is 0 Å². The number of hydrogen-bond acceptors (Lipinski definition) is 0.